The fraction of sp³-hybridized carbons (Fsp3) is 0.733. The van der Waals surface area contributed by atoms with Crippen molar-refractivity contribution in [3.63, 3.8) is 0 Å². The fourth-order valence-electron chi connectivity index (χ4n) is 2.71. The zero-order valence-electron chi connectivity index (χ0n) is 12.3. The van der Waals surface area contributed by atoms with Gasteiger partial charge in [-0.05, 0) is 45.4 Å². The lowest BCUT2D eigenvalue weighted by atomic mass is 10.1. The van der Waals surface area contributed by atoms with E-state index in [0.717, 1.165) is 37.8 Å². The van der Waals surface area contributed by atoms with E-state index < -0.39 is 0 Å². The molecule has 2 heterocycles. The number of ether oxygens (including phenoxy) is 1. The lowest BCUT2D eigenvalue weighted by Crippen LogP contribution is -2.40. The van der Waals surface area contributed by atoms with E-state index in [1.54, 1.807) is 7.11 Å². The summed E-state index contributed by atoms with van der Waals surface area (Å²) in [5.41, 5.74) is 0. The standard InChI is InChI=1S/C15H26N2O2/c1-12-6-7-15(19-12)13(2)17(9-10-18-3)11-14-5-4-8-16-14/h6-7,13-14,16H,4-5,8-11H2,1-3H3. The van der Waals surface area contributed by atoms with Gasteiger partial charge in [-0.1, -0.05) is 0 Å². The van der Waals surface area contributed by atoms with Gasteiger partial charge >= 0.3 is 0 Å². The summed E-state index contributed by atoms with van der Waals surface area (Å²) in [5, 5.41) is 3.56. The van der Waals surface area contributed by atoms with Crippen LogP contribution in [-0.2, 0) is 4.74 Å². The SMILES string of the molecule is COCCN(CC1CCCN1)C(C)c1ccc(C)o1. The molecule has 0 saturated carbocycles. The monoisotopic (exact) mass is 266 g/mol. The Hall–Kier alpha value is -0.840. The minimum absolute atomic E-state index is 0.297. The van der Waals surface area contributed by atoms with E-state index in [4.69, 9.17) is 9.15 Å². The molecule has 2 unspecified atom stereocenters. The molecule has 0 radical (unpaired) electrons. The first kappa shape index (κ1) is 14.6. The fourth-order valence-corrected chi connectivity index (χ4v) is 2.71. The maximum atomic E-state index is 5.77. The van der Waals surface area contributed by atoms with Crippen LogP contribution in [0, 0.1) is 6.92 Å². The number of nitrogens with zero attached hydrogens (tertiary/aromatic N) is 1. The average Bonchev–Trinajstić information content (AvgIpc) is 3.05. The highest BCUT2D eigenvalue weighted by atomic mass is 16.5. The molecule has 1 saturated heterocycles. The average molecular weight is 266 g/mol. The van der Waals surface area contributed by atoms with E-state index in [1.165, 1.54) is 12.8 Å². The lowest BCUT2D eigenvalue weighted by molar-refractivity contribution is 0.109. The van der Waals surface area contributed by atoms with Gasteiger partial charge in [-0.2, -0.15) is 0 Å². The van der Waals surface area contributed by atoms with Crippen molar-refractivity contribution in [3.8, 4) is 0 Å². The van der Waals surface area contributed by atoms with Gasteiger partial charge in [0.25, 0.3) is 0 Å². The van der Waals surface area contributed by atoms with E-state index in [9.17, 15) is 0 Å². The molecule has 0 bridgehead atoms. The maximum absolute atomic E-state index is 5.77. The molecule has 1 aromatic rings. The van der Waals surface area contributed by atoms with Crippen LogP contribution in [0.3, 0.4) is 0 Å². The molecule has 4 heteroatoms. The normalized spacial score (nSPS) is 21.2. The van der Waals surface area contributed by atoms with Crippen LogP contribution >= 0.6 is 0 Å². The molecule has 0 amide bonds. The largest absolute Gasteiger partial charge is 0.465 e. The van der Waals surface area contributed by atoms with Crippen molar-refractivity contribution in [2.24, 2.45) is 0 Å². The number of hydrogen-bond acceptors (Lipinski definition) is 4. The summed E-state index contributed by atoms with van der Waals surface area (Å²) >= 11 is 0. The van der Waals surface area contributed by atoms with Crippen LogP contribution in [0.1, 0.15) is 37.3 Å². The highest BCUT2D eigenvalue weighted by Gasteiger charge is 2.23. The topological polar surface area (TPSA) is 37.6 Å². The number of rotatable bonds is 7. The van der Waals surface area contributed by atoms with Gasteiger partial charge in [-0.15, -0.1) is 0 Å². The second kappa shape index (κ2) is 7.08. The number of furan rings is 1. The van der Waals surface area contributed by atoms with Crippen molar-refractivity contribution in [2.75, 3.05) is 33.4 Å². The Bertz CT molecular complexity index is 372. The minimum atomic E-state index is 0.297. The number of hydrogen-bond donors (Lipinski definition) is 1. The molecule has 1 aromatic heterocycles. The van der Waals surface area contributed by atoms with Crippen LogP contribution in [0.15, 0.2) is 16.5 Å². The van der Waals surface area contributed by atoms with Gasteiger partial charge in [0.15, 0.2) is 0 Å². The van der Waals surface area contributed by atoms with Crippen LogP contribution in [0.25, 0.3) is 0 Å². The van der Waals surface area contributed by atoms with Crippen LogP contribution < -0.4 is 5.32 Å². The summed E-state index contributed by atoms with van der Waals surface area (Å²) < 4.78 is 11.0. The molecule has 2 rings (SSSR count). The van der Waals surface area contributed by atoms with Crippen LogP contribution in [0.5, 0.6) is 0 Å². The Morgan fingerprint density at radius 1 is 1.53 bits per heavy atom. The Morgan fingerprint density at radius 2 is 2.37 bits per heavy atom. The highest BCUT2D eigenvalue weighted by molar-refractivity contribution is 5.09. The van der Waals surface area contributed by atoms with E-state index in [1.807, 2.05) is 13.0 Å². The van der Waals surface area contributed by atoms with Crippen molar-refractivity contribution in [1.29, 1.82) is 0 Å². The molecule has 0 aliphatic carbocycles. The molecule has 1 fully saturated rings. The summed E-state index contributed by atoms with van der Waals surface area (Å²) in [7, 11) is 1.76. The summed E-state index contributed by atoms with van der Waals surface area (Å²) in [4.78, 5) is 2.45. The summed E-state index contributed by atoms with van der Waals surface area (Å²) in [6, 6.07) is 5.03. The molecule has 2 atom stereocenters. The van der Waals surface area contributed by atoms with Crippen LogP contribution in [0.2, 0.25) is 0 Å². The van der Waals surface area contributed by atoms with Crippen molar-refractivity contribution in [2.45, 2.75) is 38.8 Å². The molecule has 1 aliphatic heterocycles. The summed E-state index contributed by atoms with van der Waals surface area (Å²) in [6.45, 7) is 8.12. The third-order valence-corrected chi connectivity index (χ3v) is 3.92. The molecule has 1 aliphatic rings. The number of methoxy groups -OCH3 is 1. The van der Waals surface area contributed by atoms with Gasteiger partial charge in [0.2, 0.25) is 0 Å². The maximum Gasteiger partial charge on any atom is 0.121 e. The Morgan fingerprint density at radius 3 is 2.95 bits per heavy atom. The lowest BCUT2D eigenvalue weighted by Gasteiger charge is -2.30. The second-order valence-corrected chi connectivity index (χ2v) is 5.41. The van der Waals surface area contributed by atoms with Gasteiger partial charge in [0.05, 0.1) is 12.6 Å². The van der Waals surface area contributed by atoms with Gasteiger partial charge < -0.3 is 14.5 Å². The van der Waals surface area contributed by atoms with Gasteiger partial charge in [-0.25, -0.2) is 0 Å². The van der Waals surface area contributed by atoms with E-state index in [2.05, 4.69) is 23.2 Å². The summed E-state index contributed by atoms with van der Waals surface area (Å²) in [5.74, 6) is 2.03. The first-order valence-electron chi connectivity index (χ1n) is 7.23. The predicted octanol–water partition coefficient (Wildman–Crippen LogP) is 2.35. The Kier molecular flexibility index (Phi) is 5.43. The molecule has 108 valence electrons. The Labute approximate surface area is 116 Å². The van der Waals surface area contributed by atoms with Gasteiger partial charge in [0, 0.05) is 26.2 Å². The zero-order valence-corrected chi connectivity index (χ0v) is 12.3. The van der Waals surface area contributed by atoms with Crippen LogP contribution in [0.4, 0.5) is 0 Å². The molecule has 4 nitrogen and oxygen atoms in total. The quantitative estimate of drug-likeness (QED) is 0.822. The third kappa shape index (κ3) is 4.06. The molecule has 19 heavy (non-hydrogen) atoms. The van der Waals surface area contributed by atoms with Gasteiger partial charge in [0.1, 0.15) is 11.5 Å². The zero-order chi connectivity index (χ0) is 13.7. The minimum Gasteiger partial charge on any atom is -0.465 e. The van der Waals surface area contributed by atoms with E-state index in [-0.39, 0.29) is 0 Å². The van der Waals surface area contributed by atoms with Crippen molar-refractivity contribution < 1.29 is 9.15 Å². The molecule has 0 aromatic carbocycles. The van der Waals surface area contributed by atoms with Gasteiger partial charge in [-0.3, -0.25) is 4.90 Å². The van der Waals surface area contributed by atoms with Crippen LogP contribution in [-0.4, -0.2) is 44.3 Å². The number of nitrogens with one attached hydrogen (secondary N) is 1. The van der Waals surface area contributed by atoms with Crippen molar-refractivity contribution in [3.05, 3.63) is 23.7 Å². The smallest absolute Gasteiger partial charge is 0.121 e. The predicted molar refractivity (Wildman–Crippen MR) is 76.3 cm³/mol. The second-order valence-electron chi connectivity index (χ2n) is 5.41. The van der Waals surface area contributed by atoms with E-state index in [0.29, 0.717) is 12.1 Å². The number of aryl methyl sites for hydroxylation is 1. The highest BCUT2D eigenvalue weighted by Crippen LogP contribution is 2.23. The first-order valence-corrected chi connectivity index (χ1v) is 7.23. The molecular weight excluding hydrogens is 240 g/mol. The first-order chi connectivity index (χ1) is 9.20. The molecule has 0 spiro atoms. The van der Waals surface area contributed by atoms with E-state index >= 15 is 0 Å². The van der Waals surface area contributed by atoms with Crippen molar-refractivity contribution in [1.82, 2.24) is 10.2 Å². The summed E-state index contributed by atoms with van der Waals surface area (Å²) in [6.07, 6.45) is 2.56. The molecular formula is C15H26N2O2. The molecule has 1 N–H and O–H groups in total. The Balaban J connectivity index is 1.98. The van der Waals surface area contributed by atoms with Crippen molar-refractivity contribution >= 4 is 0 Å². The third-order valence-electron chi connectivity index (χ3n) is 3.92.